The second kappa shape index (κ2) is 14.0. The van der Waals surface area contributed by atoms with Crippen molar-refractivity contribution in [1.82, 2.24) is 0 Å². The van der Waals surface area contributed by atoms with Crippen LogP contribution >= 0.6 is 46.4 Å². The highest BCUT2D eigenvalue weighted by molar-refractivity contribution is 6.53. The van der Waals surface area contributed by atoms with Crippen molar-refractivity contribution in [2.45, 2.75) is 69.4 Å². The van der Waals surface area contributed by atoms with Crippen molar-refractivity contribution in [1.29, 1.82) is 0 Å². The zero-order valence-electron chi connectivity index (χ0n) is 27.0. The van der Waals surface area contributed by atoms with Gasteiger partial charge in [0.15, 0.2) is 11.6 Å². The molecule has 8 nitrogen and oxygen atoms in total. The summed E-state index contributed by atoms with van der Waals surface area (Å²) < 4.78 is 54.1. The van der Waals surface area contributed by atoms with Crippen molar-refractivity contribution >= 4 is 81.7 Å². The summed E-state index contributed by atoms with van der Waals surface area (Å²) in [6, 6.07) is 8.98. The van der Waals surface area contributed by atoms with Gasteiger partial charge in [-0.1, -0.05) is 29.3 Å². The van der Waals surface area contributed by atoms with Crippen LogP contribution in [0.2, 0.25) is 10.0 Å². The molecule has 1 N–H and O–H groups in total. The molecular formula is C34H31Cl4F3N2O6. The molecule has 0 aliphatic heterocycles. The molecule has 1 aliphatic rings. The summed E-state index contributed by atoms with van der Waals surface area (Å²) in [6.07, 6.45) is -3.48. The van der Waals surface area contributed by atoms with Crippen molar-refractivity contribution in [3.05, 3.63) is 92.7 Å². The highest BCUT2D eigenvalue weighted by Crippen LogP contribution is 2.65. The monoisotopic (exact) mass is 760 g/mol. The number of Topliss-reactive ketones (excluding diaryl/α,β-unsaturated/α-hetero) is 1. The molecule has 1 fully saturated rings. The topological polar surface area (TPSA) is 102 Å². The Morgan fingerprint density at radius 3 is 1.94 bits per heavy atom. The molecule has 2 atom stereocenters. The van der Waals surface area contributed by atoms with E-state index in [0.717, 1.165) is 18.2 Å². The normalized spacial score (nSPS) is 16.8. The minimum absolute atomic E-state index is 0.0000319. The first kappa shape index (κ1) is 38.3. The molecule has 15 heteroatoms. The molecule has 3 aromatic carbocycles. The lowest BCUT2D eigenvalue weighted by Gasteiger charge is -2.29. The van der Waals surface area contributed by atoms with Crippen LogP contribution in [0.15, 0.2) is 48.5 Å². The Bertz CT molecular complexity index is 1810. The number of hydrogen-bond donors (Lipinski definition) is 1. The molecular weight excluding hydrogens is 731 g/mol. The lowest BCUT2D eigenvalue weighted by atomic mass is 10.0. The van der Waals surface area contributed by atoms with Gasteiger partial charge in [0, 0.05) is 24.1 Å². The molecule has 49 heavy (non-hydrogen) atoms. The van der Waals surface area contributed by atoms with E-state index in [-0.39, 0.29) is 15.6 Å². The first-order chi connectivity index (χ1) is 22.5. The summed E-state index contributed by atoms with van der Waals surface area (Å²) in [5, 5.41) is 3.09. The van der Waals surface area contributed by atoms with Crippen LogP contribution < -0.4 is 10.2 Å². The fourth-order valence-corrected chi connectivity index (χ4v) is 5.99. The number of ether oxygens (including phenoxy) is 2. The summed E-state index contributed by atoms with van der Waals surface area (Å²) in [7, 11) is 0. The van der Waals surface area contributed by atoms with Crippen molar-refractivity contribution < 1.29 is 41.8 Å². The van der Waals surface area contributed by atoms with Crippen LogP contribution in [0.1, 0.15) is 68.9 Å². The standard InChI is InChI=1S/C34H31Cl4F3N2O6/c1-32(2,3)48-30(46)43(31(47)49-33(4,5)6)25-12-17(23(40)15-24(25)41)13-26(44)19-14-18(8-10-22(19)39)42-29(45)28-27(34(28,37)38)16-7-9-20(35)21(36)11-16/h7-12,14-15,27-28H,13H2,1-6H3,(H,42,45)/t27-,28+/m0/s1. The van der Waals surface area contributed by atoms with Gasteiger partial charge in [-0.3, -0.25) is 9.59 Å². The van der Waals surface area contributed by atoms with Crippen molar-refractivity contribution in [3.8, 4) is 0 Å². The SMILES string of the molecule is CC(C)(C)OC(=O)N(C(=O)OC(C)(C)C)c1cc(CC(=O)c2cc(NC(=O)[C@H]3[C@H](c4ccc(Cl)c(Cl)c4)C3(Cl)Cl)ccc2F)c(F)cc1F. The van der Waals surface area contributed by atoms with E-state index < -0.39 is 91.9 Å². The summed E-state index contributed by atoms with van der Waals surface area (Å²) >= 11 is 24.9. The lowest BCUT2D eigenvalue weighted by molar-refractivity contribution is -0.117. The van der Waals surface area contributed by atoms with Gasteiger partial charge in [0.1, 0.15) is 27.2 Å². The Morgan fingerprint density at radius 2 is 1.39 bits per heavy atom. The number of carbonyl (C=O) groups excluding carboxylic acids is 4. The number of ketones is 1. The third-order valence-corrected chi connectivity index (χ3v) is 8.71. The predicted molar refractivity (Wildman–Crippen MR) is 181 cm³/mol. The maximum absolute atomic E-state index is 15.2. The number of carbonyl (C=O) groups is 4. The summed E-state index contributed by atoms with van der Waals surface area (Å²) in [5.41, 5.74) is -3.47. The average Bonchev–Trinajstić information content (AvgIpc) is 3.53. The number of alkyl halides is 2. The molecule has 0 aromatic heterocycles. The predicted octanol–water partition coefficient (Wildman–Crippen LogP) is 10.0. The van der Waals surface area contributed by atoms with Gasteiger partial charge in [0.25, 0.3) is 0 Å². The number of nitrogens with one attached hydrogen (secondary N) is 1. The third kappa shape index (κ3) is 9.00. The van der Waals surface area contributed by atoms with Gasteiger partial charge in [-0.15, -0.1) is 23.2 Å². The highest BCUT2D eigenvalue weighted by Gasteiger charge is 2.67. The van der Waals surface area contributed by atoms with E-state index in [9.17, 15) is 23.6 Å². The van der Waals surface area contributed by atoms with E-state index >= 15 is 8.78 Å². The average molecular weight is 762 g/mol. The number of anilines is 2. The van der Waals surface area contributed by atoms with Gasteiger partial charge < -0.3 is 14.8 Å². The number of rotatable bonds is 7. The molecule has 0 saturated heterocycles. The van der Waals surface area contributed by atoms with Crippen molar-refractivity contribution in [2.24, 2.45) is 5.92 Å². The Hall–Kier alpha value is -3.51. The van der Waals surface area contributed by atoms with Crippen LogP contribution in [0.25, 0.3) is 0 Å². The maximum Gasteiger partial charge on any atom is 0.424 e. The second-order valence-corrected chi connectivity index (χ2v) is 15.5. The second-order valence-electron chi connectivity index (χ2n) is 13.3. The lowest BCUT2D eigenvalue weighted by Crippen LogP contribution is -2.44. The van der Waals surface area contributed by atoms with Crippen LogP contribution in [0.3, 0.4) is 0 Å². The molecule has 1 saturated carbocycles. The van der Waals surface area contributed by atoms with E-state index in [2.05, 4.69) is 5.32 Å². The van der Waals surface area contributed by atoms with E-state index in [1.54, 1.807) is 6.07 Å². The fourth-order valence-electron chi connectivity index (χ4n) is 4.85. The van der Waals surface area contributed by atoms with Gasteiger partial charge in [0.2, 0.25) is 5.91 Å². The Kier molecular flexibility index (Phi) is 11.0. The van der Waals surface area contributed by atoms with Gasteiger partial charge in [-0.2, -0.15) is 4.90 Å². The minimum Gasteiger partial charge on any atom is -0.443 e. The number of benzene rings is 3. The summed E-state index contributed by atoms with van der Waals surface area (Å²) in [4.78, 5) is 52.8. The molecule has 0 spiro atoms. The molecule has 3 aromatic rings. The third-order valence-electron chi connectivity index (χ3n) is 7.03. The molecule has 262 valence electrons. The maximum atomic E-state index is 15.2. The molecule has 0 radical (unpaired) electrons. The number of nitrogens with zero attached hydrogens (tertiary/aromatic N) is 1. The summed E-state index contributed by atoms with van der Waals surface area (Å²) in [5.74, 6) is -6.75. The van der Waals surface area contributed by atoms with Crippen molar-refractivity contribution in [3.63, 3.8) is 0 Å². The Balaban J connectivity index is 1.59. The molecule has 3 amide bonds. The first-order valence-electron chi connectivity index (χ1n) is 14.7. The number of halogens is 7. The molecule has 4 rings (SSSR count). The zero-order valence-corrected chi connectivity index (χ0v) is 30.0. The smallest absolute Gasteiger partial charge is 0.424 e. The molecule has 0 bridgehead atoms. The van der Waals surface area contributed by atoms with Crippen molar-refractivity contribution in [2.75, 3.05) is 10.2 Å². The number of amides is 3. The number of hydrogen-bond acceptors (Lipinski definition) is 6. The molecule has 1 aliphatic carbocycles. The van der Waals surface area contributed by atoms with E-state index in [1.165, 1.54) is 59.7 Å². The van der Waals surface area contributed by atoms with Crippen LogP contribution in [0.5, 0.6) is 0 Å². The molecule has 0 heterocycles. The first-order valence-corrected chi connectivity index (χ1v) is 16.2. The van der Waals surface area contributed by atoms with Gasteiger partial charge >= 0.3 is 12.2 Å². The van der Waals surface area contributed by atoms with Gasteiger partial charge in [-0.05, 0) is 89.1 Å². The fraction of sp³-hybridized carbons (Fsp3) is 0.353. The van der Waals surface area contributed by atoms with Crippen LogP contribution in [-0.2, 0) is 20.7 Å². The van der Waals surface area contributed by atoms with E-state index in [1.807, 2.05) is 0 Å². The van der Waals surface area contributed by atoms with E-state index in [0.29, 0.717) is 16.7 Å². The summed E-state index contributed by atoms with van der Waals surface area (Å²) in [6.45, 7) is 9.05. The number of imide groups is 1. The Labute approximate surface area is 300 Å². The largest absolute Gasteiger partial charge is 0.443 e. The highest BCUT2D eigenvalue weighted by atomic mass is 35.5. The van der Waals surface area contributed by atoms with Gasteiger partial charge in [-0.25, -0.2) is 22.8 Å². The van der Waals surface area contributed by atoms with Crippen LogP contribution in [0, 0.1) is 23.4 Å². The van der Waals surface area contributed by atoms with Crippen LogP contribution in [-0.4, -0.2) is 39.4 Å². The van der Waals surface area contributed by atoms with E-state index in [4.69, 9.17) is 55.9 Å². The zero-order chi connectivity index (χ0) is 36.8. The van der Waals surface area contributed by atoms with Crippen LogP contribution in [0.4, 0.5) is 34.1 Å². The molecule has 0 unspecified atom stereocenters. The Morgan fingerprint density at radius 1 is 0.796 bits per heavy atom. The minimum atomic E-state index is -1.50. The quantitative estimate of drug-likeness (QED) is 0.190. The van der Waals surface area contributed by atoms with Gasteiger partial charge in [0.05, 0.1) is 27.2 Å².